The van der Waals surface area contributed by atoms with Gasteiger partial charge in [-0.15, -0.1) is 0 Å². The Kier molecular flexibility index (Phi) is 8.84. The Balaban J connectivity index is 1.67. The van der Waals surface area contributed by atoms with Crippen molar-refractivity contribution in [3.63, 3.8) is 0 Å². The molecule has 0 aromatic heterocycles. The lowest BCUT2D eigenvalue weighted by atomic mass is 9.85. The number of hydrogen-bond acceptors (Lipinski definition) is 4. The average Bonchev–Trinajstić information content (AvgIpc) is 2.94. The molecule has 4 aromatic rings. The zero-order chi connectivity index (χ0) is 29.9. The molecule has 4 aromatic carbocycles. The molecule has 0 aliphatic rings. The van der Waals surface area contributed by atoms with Crippen LogP contribution in [0.3, 0.4) is 0 Å². The van der Waals surface area contributed by atoms with Gasteiger partial charge >= 0.3 is 6.18 Å². The maximum atomic E-state index is 14.2. The molecular weight excluding hydrogens is 604 g/mol. The first kappa shape index (κ1) is 30.2. The van der Waals surface area contributed by atoms with Gasteiger partial charge in [-0.2, -0.15) is 13.2 Å². The SMILES string of the molecule is COc1c(NC(=O)c2ccccc2)cccc1C(=O)Nc1c(Cl)cc(C(O)(c2ccc(Cl)cc2)C(F)(F)F)cc1Cl. The molecule has 0 aliphatic carbocycles. The molecule has 0 fully saturated rings. The second-order valence-corrected chi connectivity index (χ2v) is 9.94. The van der Waals surface area contributed by atoms with Crippen molar-refractivity contribution in [1.82, 2.24) is 0 Å². The smallest absolute Gasteiger partial charge is 0.425 e. The summed E-state index contributed by atoms with van der Waals surface area (Å²) in [6.45, 7) is 0. The number of hydrogen-bond donors (Lipinski definition) is 3. The highest BCUT2D eigenvalue weighted by molar-refractivity contribution is 6.40. The zero-order valence-electron chi connectivity index (χ0n) is 21.0. The van der Waals surface area contributed by atoms with Gasteiger partial charge in [0.15, 0.2) is 5.75 Å². The van der Waals surface area contributed by atoms with Crippen molar-refractivity contribution >= 4 is 58.0 Å². The molecule has 2 amide bonds. The van der Waals surface area contributed by atoms with Gasteiger partial charge in [0.25, 0.3) is 11.8 Å². The van der Waals surface area contributed by atoms with Crippen molar-refractivity contribution in [3.05, 3.63) is 122 Å². The van der Waals surface area contributed by atoms with E-state index in [4.69, 9.17) is 39.5 Å². The Morgan fingerprint density at radius 1 is 0.780 bits per heavy atom. The lowest BCUT2D eigenvalue weighted by molar-refractivity contribution is -0.248. The molecule has 4 rings (SSSR count). The number of amides is 2. The molecule has 1 atom stereocenters. The lowest BCUT2D eigenvalue weighted by Crippen LogP contribution is -2.43. The molecule has 0 saturated carbocycles. The van der Waals surface area contributed by atoms with Crippen LogP contribution in [-0.4, -0.2) is 30.2 Å². The Hall–Kier alpha value is -3.76. The fourth-order valence-electron chi connectivity index (χ4n) is 4.09. The van der Waals surface area contributed by atoms with Crippen molar-refractivity contribution in [2.75, 3.05) is 17.7 Å². The number of anilines is 2. The molecule has 0 saturated heterocycles. The maximum absolute atomic E-state index is 14.2. The third-order valence-corrected chi connectivity index (χ3v) is 6.97. The summed E-state index contributed by atoms with van der Waals surface area (Å²) in [6.07, 6.45) is -5.17. The van der Waals surface area contributed by atoms with Gasteiger partial charge in [0, 0.05) is 16.1 Å². The summed E-state index contributed by atoms with van der Waals surface area (Å²) in [5, 5.41) is 15.5. The number of methoxy groups -OCH3 is 1. The Labute approximate surface area is 247 Å². The highest BCUT2D eigenvalue weighted by Gasteiger charge is 2.56. The second-order valence-electron chi connectivity index (χ2n) is 8.69. The number of ether oxygens (including phenoxy) is 1. The van der Waals surface area contributed by atoms with Crippen LogP contribution in [0.4, 0.5) is 24.5 Å². The fraction of sp³-hybridized carbons (Fsp3) is 0.103. The van der Waals surface area contributed by atoms with Crippen LogP contribution in [0.5, 0.6) is 5.75 Å². The number of halogens is 6. The van der Waals surface area contributed by atoms with Crippen LogP contribution in [0.2, 0.25) is 15.1 Å². The van der Waals surface area contributed by atoms with E-state index in [1.165, 1.54) is 37.4 Å². The molecule has 0 aliphatic heterocycles. The minimum Gasteiger partial charge on any atom is -0.494 e. The van der Waals surface area contributed by atoms with E-state index in [0.29, 0.717) is 5.56 Å². The molecule has 0 radical (unpaired) electrons. The van der Waals surface area contributed by atoms with Gasteiger partial charge in [-0.25, -0.2) is 0 Å². The summed E-state index contributed by atoms with van der Waals surface area (Å²) in [6, 6.07) is 19.0. The number of benzene rings is 4. The molecule has 0 heterocycles. The first-order valence-electron chi connectivity index (χ1n) is 11.8. The summed E-state index contributed by atoms with van der Waals surface area (Å²) in [4.78, 5) is 25.9. The van der Waals surface area contributed by atoms with Crippen LogP contribution in [0.15, 0.2) is 84.9 Å². The first-order valence-corrected chi connectivity index (χ1v) is 12.9. The zero-order valence-corrected chi connectivity index (χ0v) is 23.3. The highest BCUT2D eigenvalue weighted by Crippen LogP contribution is 2.47. The Morgan fingerprint density at radius 2 is 1.39 bits per heavy atom. The molecule has 212 valence electrons. The van der Waals surface area contributed by atoms with Gasteiger partial charge in [-0.3, -0.25) is 9.59 Å². The number of nitrogens with one attached hydrogen (secondary N) is 2. The second kappa shape index (κ2) is 12.0. The molecular formula is C29H20Cl3F3N2O4. The predicted octanol–water partition coefficient (Wildman–Crippen LogP) is 7.96. The molecule has 12 heteroatoms. The third kappa shape index (κ3) is 6.13. The summed E-state index contributed by atoms with van der Waals surface area (Å²) in [5.41, 5.74) is -4.34. The standard InChI is InChI=1S/C29H20Cl3F3N2O4/c1-41-25-20(8-5-9-23(25)36-26(38)16-6-3-2-4-7-16)27(39)37-24-21(31)14-18(15-22(24)32)28(40,29(33,34)35)17-10-12-19(30)13-11-17/h2-15,40H,1H3,(H,36,38)(H,37,39). The van der Waals surface area contributed by atoms with Gasteiger partial charge < -0.3 is 20.5 Å². The summed E-state index contributed by atoms with van der Waals surface area (Å²) in [5.74, 6) is -1.20. The Bertz CT molecular complexity index is 1580. The maximum Gasteiger partial charge on any atom is 0.425 e. The van der Waals surface area contributed by atoms with Crippen LogP contribution in [-0.2, 0) is 5.60 Å². The molecule has 0 spiro atoms. The van der Waals surface area contributed by atoms with Crippen molar-refractivity contribution < 1.29 is 32.6 Å². The van der Waals surface area contributed by atoms with E-state index in [9.17, 15) is 27.9 Å². The van der Waals surface area contributed by atoms with Crippen molar-refractivity contribution in [1.29, 1.82) is 0 Å². The van der Waals surface area contributed by atoms with E-state index < -0.39 is 34.7 Å². The van der Waals surface area contributed by atoms with E-state index in [0.717, 1.165) is 24.3 Å². The van der Waals surface area contributed by atoms with Crippen LogP contribution in [0.1, 0.15) is 31.8 Å². The quantitative estimate of drug-likeness (QED) is 0.195. The van der Waals surface area contributed by atoms with Crippen LogP contribution in [0.25, 0.3) is 0 Å². The fourth-order valence-corrected chi connectivity index (χ4v) is 4.79. The summed E-state index contributed by atoms with van der Waals surface area (Å²) < 4.78 is 48.0. The number of carbonyl (C=O) groups excluding carboxylic acids is 2. The lowest BCUT2D eigenvalue weighted by Gasteiger charge is -2.32. The predicted molar refractivity (Wildman–Crippen MR) is 152 cm³/mol. The molecule has 3 N–H and O–H groups in total. The van der Waals surface area contributed by atoms with Gasteiger partial charge in [0.05, 0.1) is 34.1 Å². The van der Waals surface area contributed by atoms with Crippen LogP contribution < -0.4 is 15.4 Å². The molecule has 1 unspecified atom stereocenters. The molecule has 6 nitrogen and oxygen atoms in total. The Morgan fingerprint density at radius 3 is 1.95 bits per heavy atom. The van der Waals surface area contributed by atoms with Gasteiger partial charge in [-0.1, -0.05) is 71.2 Å². The summed E-state index contributed by atoms with van der Waals surface area (Å²) in [7, 11) is 1.30. The first-order chi connectivity index (χ1) is 19.4. The summed E-state index contributed by atoms with van der Waals surface area (Å²) >= 11 is 18.4. The van der Waals surface area contributed by atoms with Crippen LogP contribution in [0, 0.1) is 0 Å². The number of para-hydroxylation sites is 1. The minimum atomic E-state index is -5.17. The monoisotopic (exact) mass is 622 g/mol. The average molecular weight is 624 g/mol. The van der Waals surface area contributed by atoms with Crippen LogP contribution >= 0.6 is 34.8 Å². The molecule has 41 heavy (non-hydrogen) atoms. The van der Waals surface area contributed by atoms with E-state index in [2.05, 4.69) is 10.6 Å². The highest BCUT2D eigenvalue weighted by atomic mass is 35.5. The molecule has 0 bridgehead atoms. The van der Waals surface area contributed by atoms with E-state index in [1.807, 2.05) is 0 Å². The van der Waals surface area contributed by atoms with Gasteiger partial charge in [0.1, 0.15) is 0 Å². The van der Waals surface area contributed by atoms with E-state index >= 15 is 0 Å². The minimum absolute atomic E-state index is 0.0207. The number of rotatable bonds is 7. The number of aliphatic hydroxyl groups is 1. The number of carbonyl (C=O) groups is 2. The third-order valence-electron chi connectivity index (χ3n) is 6.12. The van der Waals surface area contributed by atoms with E-state index in [-0.39, 0.29) is 37.8 Å². The number of alkyl halides is 3. The van der Waals surface area contributed by atoms with Gasteiger partial charge in [0.2, 0.25) is 5.60 Å². The van der Waals surface area contributed by atoms with Gasteiger partial charge in [-0.05, 0) is 54.1 Å². The van der Waals surface area contributed by atoms with Crippen molar-refractivity contribution in [3.8, 4) is 5.75 Å². The normalized spacial score (nSPS) is 12.8. The topological polar surface area (TPSA) is 87.7 Å². The largest absolute Gasteiger partial charge is 0.494 e. The van der Waals surface area contributed by atoms with Crippen molar-refractivity contribution in [2.45, 2.75) is 11.8 Å². The van der Waals surface area contributed by atoms with Crippen molar-refractivity contribution in [2.24, 2.45) is 0 Å². The van der Waals surface area contributed by atoms with E-state index in [1.54, 1.807) is 30.3 Å².